The fraction of sp³-hybridized carbons (Fsp3) is 0.900. The van der Waals surface area contributed by atoms with Gasteiger partial charge in [0.05, 0.1) is 6.54 Å². The van der Waals surface area contributed by atoms with E-state index in [1.54, 1.807) is 0 Å². The Morgan fingerprint density at radius 1 is 0.568 bits per heavy atom. The first-order valence-electron chi connectivity index (χ1n) is 15.6. The maximum atomic E-state index is 12.3. The maximum Gasteiger partial charge on any atom is 0.255 e. The summed E-state index contributed by atoms with van der Waals surface area (Å²) in [6, 6.07) is 0. The van der Waals surface area contributed by atoms with Crippen LogP contribution in [0.4, 0.5) is 0 Å². The predicted molar refractivity (Wildman–Crippen MR) is 155 cm³/mol. The van der Waals surface area contributed by atoms with Gasteiger partial charge in [-0.05, 0) is 12.8 Å². The number of amides is 3. The summed E-state index contributed by atoms with van der Waals surface area (Å²) >= 11 is 0. The summed E-state index contributed by atoms with van der Waals surface area (Å²) in [5.41, 5.74) is 8.00. The van der Waals surface area contributed by atoms with Gasteiger partial charge in [-0.3, -0.25) is 19.8 Å². The van der Waals surface area contributed by atoms with E-state index in [1.165, 1.54) is 96.3 Å². The van der Waals surface area contributed by atoms with Crippen molar-refractivity contribution < 1.29 is 14.4 Å². The molecule has 0 spiro atoms. The molecule has 0 aromatic carbocycles. The molecule has 0 saturated carbocycles. The molecule has 0 atom stereocenters. The molecule has 0 heterocycles. The van der Waals surface area contributed by atoms with Crippen molar-refractivity contribution in [3.8, 4) is 0 Å². The summed E-state index contributed by atoms with van der Waals surface area (Å²) in [4.78, 5) is 36.4. The van der Waals surface area contributed by atoms with E-state index in [0.717, 1.165) is 43.5 Å². The number of carbonyl (C=O) groups excluding carboxylic acids is 3. The van der Waals surface area contributed by atoms with Crippen LogP contribution in [-0.2, 0) is 14.4 Å². The molecular weight excluding hydrogens is 464 g/mol. The van der Waals surface area contributed by atoms with Gasteiger partial charge in [-0.25, -0.2) is 5.01 Å². The minimum absolute atomic E-state index is 0.198. The first-order chi connectivity index (χ1) is 18.0. The molecule has 7 nitrogen and oxygen atoms in total. The summed E-state index contributed by atoms with van der Waals surface area (Å²) in [6.45, 7) is 4.56. The van der Waals surface area contributed by atoms with E-state index in [9.17, 15) is 14.4 Å². The highest BCUT2D eigenvalue weighted by atomic mass is 16.2. The SMILES string of the molecule is CCCCCCCCCCCCCCCCCCNC(=O)CN(NC(=O)CCCCCCC)C(=O)CN. The number of nitrogens with two attached hydrogens (primary N) is 1. The van der Waals surface area contributed by atoms with Crippen molar-refractivity contribution in [3.63, 3.8) is 0 Å². The summed E-state index contributed by atoms with van der Waals surface area (Å²) in [7, 11) is 0. The monoisotopic (exact) mass is 524 g/mol. The zero-order chi connectivity index (χ0) is 27.4. The number of hydrogen-bond acceptors (Lipinski definition) is 4. The van der Waals surface area contributed by atoms with Crippen LogP contribution in [0.15, 0.2) is 0 Å². The summed E-state index contributed by atoms with van der Waals surface area (Å²) in [5.74, 6) is -0.980. The van der Waals surface area contributed by atoms with E-state index in [0.29, 0.717) is 13.0 Å². The quantitative estimate of drug-likeness (QED) is 0.0882. The molecule has 0 aliphatic rings. The lowest BCUT2D eigenvalue weighted by Gasteiger charge is -2.22. The Kier molecular flexibility index (Phi) is 26.2. The van der Waals surface area contributed by atoms with E-state index < -0.39 is 5.91 Å². The zero-order valence-electron chi connectivity index (χ0n) is 24.4. The van der Waals surface area contributed by atoms with E-state index >= 15 is 0 Å². The van der Waals surface area contributed by atoms with Crippen molar-refractivity contribution in [1.29, 1.82) is 0 Å². The van der Waals surface area contributed by atoms with E-state index in [4.69, 9.17) is 5.73 Å². The molecule has 0 rings (SSSR count). The van der Waals surface area contributed by atoms with Gasteiger partial charge in [0.25, 0.3) is 5.91 Å². The highest BCUT2D eigenvalue weighted by Crippen LogP contribution is 2.13. The molecule has 0 unspecified atom stereocenters. The van der Waals surface area contributed by atoms with Crippen LogP contribution in [-0.4, -0.2) is 42.4 Å². The Hall–Kier alpha value is -1.63. The van der Waals surface area contributed by atoms with Gasteiger partial charge in [0.2, 0.25) is 11.8 Å². The molecule has 37 heavy (non-hydrogen) atoms. The van der Waals surface area contributed by atoms with Gasteiger partial charge in [-0.15, -0.1) is 0 Å². The van der Waals surface area contributed by atoms with Crippen LogP contribution >= 0.6 is 0 Å². The first kappa shape index (κ1) is 35.4. The standard InChI is InChI=1S/C30H60N4O3/c1-3-5-7-9-10-11-12-13-14-15-16-17-18-19-21-23-25-32-29(36)27-34(30(37)26-31)33-28(35)24-22-20-8-6-4-2/h3-27,31H2,1-2H3,(H,32,36)(H,33,35). The molecule has 3 amide bonds. The Balaban J connectivity index is 3.70. The number of nitrogens with one attached hydrogen (secondary N) is 2. The molecule has 0 bridgehead atoms. The molecule has 218 valence electrons. The first-order valence-corrected chi connectivity index (χ1v) is 15.6. The predicted octanol–water partition coefficient (Wildman–Crippen LogP) is 6.54. The topological polar surface area (TPSA) is 105 Å². The minimum atomic E-state index is -0.461. The van der Waals surface area contributed by atoms with Crippen LogP contribution in [0, 0.1) is 0 Å². The molecule has 0 fully saturated rings. The Morgan fingerprint density at radius 2 is 0.973 bits per heavy atom. The van der Waals surface area contributed by atoms with E-state index in [-0.39, 0.29) is 24.9 Å². The summed E-state index contributed by atoms with van der Waals surface area (Å²) in [6.07, 6.45) is 26.6. The average molecular weight is 525 g/mol. The second kappa shape index (κ2) is 27.4. The average Bonchev–Trinajstić information content (AvgIpc) is 2.89. The molecule has 0 aliphatic heterocycles. The lowest BCUT2D eigenvalue weighted by atomic mass is 10.0. The van der Waals surface area contributed by atoms with Crippen LogP contribution < -0.4 is 16.5 Å². The fourth-order valence-corrected chi connectivity index (χ4v) is 4.50. The molecule has 0 radical (unpaired) electrons. The van der Waals surface area contributed by atoms with Gasteiger partial charge in [-0.2, -0.15) is 0 Å². The largest absolute Gasteiger partial charge is 0.354 e. The lowest BCUT2D eigenvalue weighted by Crippen LogP contribution is -2.52. The third-order valence-corrected chi connectivity index (χ3v) is 6.90. The van der Waals surface area contributed by atoms with Crippen LogP contribution in [0.3, 0.4) is 0 Å². The number of carbonyl (C=O) groups is 3. The molecular formula is C30H60N4O3. The smallest absolute Gasteiger partial charge is 0.255 e. The number of unbranched alkanes of at least 4 members (excludes halogenated alkanes) is 19. The maximum absolute atomic E-state index is 12.3. The van der Waals surface area contributed by atoms with Crippen molar-refractivity contribution in [2.45, 2.75) is 155 Å². The van der Waals surface area contributed by atoms with Gasteiger partial charge in [-0.1, -0.05) is 136 Å². The third-order valence-electron chi connectivity index (χ3n) is 6.90. The normalized spacial score (nSPS) is 10.9. The Morgan fingerprint density at radius 3 is 1.41 bits per heavy atom. The van der Waals surface area contributed by atoms with Crippen LogP contribution in [0.25, 0.3) is 0 Å². The van der Waals surface area contributed by atoms with E-state index in [2.05, 4.69) is 24.6 Å². The highest BCUT2D eigenvalue weighted by Gasteiger charge is 2.18. The second-order valence-electron chi connectivity index (χ2n) is 10.5. The molecule has 0 saturated heterocycles. The molecule has 0 aromatic heterocycles. The van der Waals surface area contributed by atoms with Crippen molar-refractivity contribution in [2.75, 3.05) is 19.6 Å². The van der Waals surface area contributed by atoms with Crippen LogP contribution in [0.1, 0.15) is 155 Å². The summed E-state index contributed by atoms with van der Waals surface area (Å²) in [5, 5.41) is 3.91. The second-order valence-corrected chi connectivity index (χ2v) is 10.5. The van der Waals surface area contributed by atoms with Gasteiger partial charge < -0.3 is 11.1 Å². The number of rotatable bonds is 26. The highest BCUT2D eigenvalue weighted by molar-refractivity contribution is 5.87. The Labute approximate surface area is 228 Å². The van der Waals surface area contributed by atoms with Crippen molar-refractivity contribution in [1.82, 2.24) is 15.8 Å². The van der Waals surface area contributed by atoms with Crippen molar-refractivity contribution in [2.24, 2.45) is 5.73 Å². The van der Waals surface area contributed by atoms with Crippen LogP contribution in [0.2, 0.25) is 0 Å². The minimum Gasteiger partial charge on any atom is -0.354 e. The third kappa shape index (κ3) is 24.5. The Bertz CT molecular complexity index is 557. The van der Waals surface area contributed by atoms with Crippen molar-refractivity contribution in [3.05, 3.63) is 0 Å². The van der Waals surface area contributed by atoms with Crippen LogP contribution in [0.5, 0.6) is 0 Å². The molecule has 7 heteroatoms. The van der Waals surface area contributed by atoms with Crippen molar-refractivity contribution >= 4 is 17.7 Å². The van der Waals surface area contributed by atoms with Gasteiger partial charge in [0, 0.05) is 13.0 Å². The molecule has 0 aromatic rings. The summed E-state index contributed by atoms with van der Waals surface area (Å²) < 4.78 is 0. The molecule has 4 N–H and O–H groups in total. The lowest BCUT2D eigenvalue weighted by molar-refractivity contribution is -0.143. The number of nitrogens with zero attached hydrogens (tertiary/aromatic N) is 1. The molecule has 0 aliphatic carbocycles. The zero-order valence-corrected chi connectivity index (χ0v) is 24.4. The van der Waals surface area contributed by atoms with E-state index in [1.807, 2.05) is 0 Å². The van der Waals surface area contributed by atoms with Gasteiger partial charge in [0.1, 0.15) is 6.54 Å². The number of hydrazine groups is 1. The fourth-order valence-electron chi connectivity index (χ4n) is 4.50. The van der Waals surface area contributed by atoms with Gasteiger partial charge in [0.15, 0.2) is 0 Å². The number of hydrogen-bond donors (Lipinski definition) is 3. The van der Waals surface area contributed by atoms with Gasteiger partial charge >= 0.3 is 0 Å².